The Balaban J connectivity index is 1.89. The molecule has 0 radical (unpaired) electrons. The van der Waals surface area contributed by atoms with Crippen molar-refractivity contribution in [2.75, 3.05) is 25.0 Å². The topological polar surface area (TPSA) is 74.2 Å². The van der Waals surface area contributed by atoms with Gasteiger partial charge in [-0.2, -0.15) is 5.26 Å². The molecule has 0 spiro atoms. The number of aryl methyl sites for hydroxylation is 1. The molecule has 5 heteroatoms. The predicted molar refractivity (Wildman–Crippen MR) is 72.0 cm³/mol. The van der Waals surface area contributed by atoms with Gasteiger partial charge >= 0.3 is 0 Å². The van der Waals surface area contributed by atoms with Gasteiger partial charge in [0.15, 0.2) is 6.61 Å². The highest BCUT2D eigenvalue weighted by Gasteiger charge is 2.13. The van der Waals surface area contributed by atoms with Gasteiger partial charge in [-0.05, 0) is 24.5 Å². The van der Waals surface area contributed by atoms with E-state index in [1.54, 1.807) is 0 Å². The van der Waals surface area contributed by atoms with E-state index >= 15 is 0 Å². The molecule has 0 unspecified atom stereocenters. The molecule has 0 fully saturated rings. The van der Waals surface area contributed by atoms with Crippen LogP contribution >= 0.6 is 0 Å². The Morgan fingerprint density at radius 1 is 1.53 bits per heavy atom. The van der Waals surface area contributed by atoms with Gasteiger partial charge in [0, 0.05) is 13.1 Å². The van der Waals surface area contributed by atoms with Gasteiger partial charge in [0.25, 0.3) is 5.91 Å². The van der Waals surface area contributed by atoms with Gasteiger partial charge in [0.1, 0.15) is 5.75 Å². The van der Waals surface area contributed by atoms with Gasteiger partial charge in [-0.25, -0.2) is 0 Å². The molecule has 0 atom stereocenters. The molecular weight excluding hydrogens is 242 g/mol. The Morgan fingerprint density at radius 3 is 3.26 bits per heavy atom. The maximum absolute atomic E-state index is 11.5. The third kappa shape index (κ3) is 3.62. The standard InChI is InChI=1S/C14H17N3O2/c15-7-3-9-16-13(18)10-19-12-6-1-4-11-5-2-8-17-14(11)12/h1,4,6,17H,2-3,5,8-10H2,(H,16,18). The largest absolute Gasteiger partial charge is 0.482 e. The number of nitriles is 1. The Hall–Kier alpha value is -2.22. The lowest BCUT2D eigenvalue weighted by molar-refractivity contribution is -0.123. The zero-order valence-corrected chi connectivity index (χ0v) is 10.7. The molecule has 100 valence electrons. The van der Waals surface area contributed by atoms with Crippen LogP contribution in [-0.2, 0) is 11.2 Å². The summed E-state index contributed by atoms with van der Waals surface area (Å²) in [5.41, 5.74) is 2.23. The SMILES string of the molecule is N#CCCNC(=O)COc1cccc2c1NCCC2. The smallest absolute Gasteiger partial charge is 0.257 e. The van der Waals surface area contributed by atoms with Crippen molar-refractivity contribution in [1.82, 2.24) is 5.32 Å². The number of anilines is 1. The van der Waals surface area contributed by atoms with Crippen LogP contribution in [0.3, 0.4) is 0 Å². The van der Waals surface area contributed by atoms with Crippen molar-refractivity contribution in [3.05, 3.63) is 23.8 Å². The van der Waals surface area contributed by atoms with Crippen LogP contribution in [0.4, 0.5) is 5.69 Å². The molecule has 5 nitrogen and oxygen atoms in total. The van der Waals surface area contributed by atoms with Gasteiger partial charge in [0.2, 0.25) is 0 Å². The van der Waals surface area contributed by atoms with Gasteiger partial charge in [0.05, 0.1) is 18.2 Å². The molecule has 0 aromatic heterocycles. The molecule has 2 N–H and O–H groups in total. The summed E-state index contributed by atoms with van der Waals surface area (Å²) in [6.45, 7) is 1.27. The van der Waals surface area contributed by atoms with E-state index in [2.05, 4.69) is 16.7 Å². The van der Waals surface area contributed by atoms with E-state index in [0.29, 0.717) is 18.7 Å². The highest BCUT2D eigenvalue weighted by Crippen LogP contribution is 2.31. The molecule has 0 saturated carbocycles. The quantitative estimate of drug-likeness (QED) is 0.785. The van der Waals surface area contributed by atoms with Gasteiger partial charge < -0.3 is 15.4 Å². The number of amides is 1. The van der Waals surface area contributed by atoms with Gasteiger partial charge in [-0.1, -0.05) is 12.1 Å². The van der Waals surface area contributed by atoms with E-state index in [1.807, 2.05) is 18.2 Å². The second-order valence-electron chi connectivity index (χ2n) is 4.37. The highest BCUT2D eigenvalue weighted by molar-refractivity contribution is 5.78. The molecule has 2 rings (SSSR count). The minimum absolute atomic E-state index is 0.0242. The van der Waals surface area contributed by atoms with Crippen LogP contribution in [0, 0.1) is 11.3 Å². The summed E-state index contributed by atoms with van der Waals surface area (Å²) in [5.74, 6) is 0.510. The number of rotatable bonds is 5. The fraction of sp³-hybridized carbons (Fsp3) is 0.429. The lowest BCUT2D eigenvalue weighted by atomic mass is 10.0. The average molecular weight is 259 g/mol. The summed E-state index contributed by atoms with van der Waals surface area (Å²) in [5, 5.41) is 14.3. The summed E-state index contributed by atoms with van der Waals surface area (Å²) >= 11 is 0. The van der Waals surface area contributed by atoms with Crippen LogP contribution in [0.25, 0.3) is 0 Å². The first-order chi connectivity index (χ1) is 9.31. The summed E-state index contributed by atoms with van der Waals surface area (Å²) in [7, 11) is 0. The molecule has 19 heavy (non-hydrogen) atoms. The minimum atomic E-state index is -0.205. The molecule has 0 aliphatic carbocycles. The van der Waals surface area contributed by atoms with Gasteiger partial charge in [-0.15, -0.1) is 0 Å². The van der Waals surface area contributed by atoms with Gasteiger partial charge in [-0.3, -0.25) is 4.79 Å². The number of para-hydroxylation sites is 1. The minimum Gasteiger partial charge on any atom is -0.482 e. The average Bonchev–Trinajstić information content (AvgIpc) is 2.45. The van der Waals surface area contributed by atoms with Crippen molar-refractivity contribution >= 4 is 11.6 Å². The number of hydrogen-bond acceptors (Lipinski definition) is 4. The third-order valence-corrected chi connectivity index (χ3v) is 2.95. The van der Waals surface area contributed by atoms with Crippen molar-refractivity contribution in [2.45, 2.75) is 19.3 Å². The van der Waals surface area contributed by atoms with Crippen molar-refractivity contribution in [3.63, 3.8) is 0 Å². The molecular formula is C14H17N3O2. The molecule has 0 saturated heterocycles. The Bertz CT molecular complexity index is 494. The first-order valence-electron chi connectivity index (χ1n) is 6.43. The molecule has 0 bridgehead atoms. The van der Waals surface area contributed by atoms with E-state index in [0.717, 1.165) is 25.1 Å². The maximum Gasteiger partial charge on any atom is 0.257 e. The highest BCUT2D eigenvalue weighted by atomic mass is 16.5. The zero-order chi connectivity index (χ0) is 13.5. The number of fused-ring (bicyclic) bond motifs is 1. The number of ether oxygens (including phenoxy) is 1. The summed E-state index contributed by atoms with van der Waals surface area (Å²) in [6, 6.07) is 7.84. The maximum atomic E-state index is 11.5. The van der Waals surface area contributed by atoms with Crippen LogP contribution in [-0.4, -0.2) is 25.6 Å². The molecule has 1 aliphatic heterocycles. The summed E-state index contributed by atoms with van der Waals surface area (Å²) in [6.07, 6.45) is 2.47. The lowest BCUT2D eigenvalue weighted by Gasteiger charge is -2.21. The van der Waals surface area contributed by atoms with Crippen LogP contribution in [0.1, 0.15) is 18.4 Å². The summed E-state index contributed by atoms with van der Waals surface area (Å²) in [4.78, 5) is 11.5. The van der Waals surface area contributed by atoms with Crippen molar-refractivity contribution in [2.24, 2.45) is 0 Å². The molecule has 1 aromatic rings. The van der Waals surface area contributed by atoms with E-state index < -0.39 is 0 Å². The first-order valence-corrected chi connectivity index (χ1v) is 6.43. The summed E-state index contributed by atoms with van der Waals surface area (Å²) < 4.78 is 5.54. The number of benzene rings is 1. The van der Waals surface area contributed by atoms with Crippen LogP contribution < -0.4 is 15.4 Å². The van der Waals surface area contributed by atoms with Crippen LogP contribution in [0.15, 0.2) is 18.2 Å². The number of nitrogens with zero attached hydrogens (tertiary/aromatic N) is 1. The van der Waals surface area contributed by atoms with Crippen LogP contribution in [0.5, 0.6) is 5.75 Å². The third-order valence-electron chi connectivity index (χ3n) is 2.95. The normalized spacial score (nSPS) is 12.8. The fourth-order valence-corrected chi connectivity index (χ4v) is 2.05. The predicted octanol–water partition coefficient (Wildman–Crippen LogP) is 1.45. The molecule has 1 heterocycles. The second-order valence-corrected chi connectivity index (χ2v) is 4.37. The van der Waals surface area contributed by atoms with E-state index in [1.165, 1.54) is 5.56 Å². The Morgan fingerprint density at radius 2 is 2.42 bits per heavy atom. The van der Waals surface area contributed by atoms with Crippen LogP contribution in [0.2, 0.25) is 0 Å². The zero-order valence-electron chi connectivity index (χ0n) is 10.7. The van der Waals surface area contributed by atoms with Crippen molar-refractivity contribution < 1.29 is 9.53 Å². The molecule has 1 aromatic carbocycles. The van der Waals surface area contributed by atoms with Crippen molar-refractivity contribution in [3.8, 4) is 11.8 Å². The monoisotopic (exact) mass is 259 g/mol. The second kappa shape index (κ2) is 6.64. The molecule has 1 amide bonds. The first kappa shape index (κ1) is 13.2. The van der Waals surface area contributed by atoms with E-state index in [-0.39, 0.29) is 12.5 Å². The van der Waals surface area contributed by atoms with Crippen molar-refractivity contribution in [1.29, 1.82) is 5.26 Å². The number of carbonyl (C=O) groups is 1. The Labute approximate surface area is 112 Å². The van der Waals surface area contributed by atoms with E-state index in [4.69, 9.17) is 10.00 Å². The molecule has 1 aliphatic rings. The Kier molecular flexibility index (Phi) is 4.62. The number of hydrogen-bond donors (Lipinski definition) is 2. The number of nitrogens with one attached hydrogen (secondary N) is 2. The fourth-order valence-electron chi connectivity index (χ4n) is 2.05. The lowest BCUT2D eigenvalue weighted by Crippen LogP contribution is -2.29. The number of carbonyl (C=O) groups excluding carboxylic acids is 1. The van der Waals surface area contributed by atoms with E-state index in [9.17, 15) is 4.79 Å².